The van der Waals surface area contributed by atoms with Crippen LogP contribution >= 0.6 is 0 Å². The van der Waals surface area contributed by atoms with Crippen molar-refractivity contribution in [3.63, 3.8) is 0 Å². The van der Waals surface area contributed by atoms with Gasteiger partial charge in [0.2, 0.25) is 0 Å². The van der Waals surface area contributed by atoms with Crippen molar-refractivity contribution in [2.45, 2.75) is 6.61 Å². The van der Waals surface area contributed by atoms with Crippen LogP contribution in [0.3, 0.4) is 0 Å². The number of hydrogen-bond acceptors (Lipinski definition) is 6. The van der Waals surface area contributed by atoms with Crippen LogP contribution in [0, 0.1) is 11.3 Å². The first-order valence-corrected chi connectivity index (χ1v) is 7.26. The van der Waals surface area contributed by atoms with E-state index in [1.165, 1.54) is 14.2 Å². The average Bonchev–Trinajstić information content (AvgIpc) is 2.62. The van der Waals surface area contributed by atoms with Gasteiger partial charge in [-0.3, -0.25) is 0 Å². The number of ether oxygens (including phenoxy) is 3. The number of nitrogens with zero attached hydrogens (tertiary/aromatic N) is 1. The molecule has 0 fully saturated rings. The molecular formula is C17H18BNO5. The fourth-order valence-electron chi connectivity index (χ4n) is 2.11. The molecule has 2 aromatic carbocycles. The van der Waals surface area contributed by atoms with Gasteiger partial charge >= 0.3 is 7.12 Å². The Bertz CT molecular complexity index is 699. The van der Waals surface area contributed by atoms with Gasteiger partial charge in [0.05, 0.1) is 18.2 Å². The van der Waals surface area contributed by atoms with Crippen LogP contribution in [0.1, 0.15) is 11.1 Å². The molecule has 0 unspecified atom stereocenters. The smallest absolute Gasteiger partial charge is 0.457 e. The first-order chi connectivity index (χ1) is 11.7. The fraction of sp³-hybridized carbons (Fsp3) is 0.235. The van der Waals surface area contributed by atoms with E-state index in [0.29, 0.717) is 22.5 Å². The van der Waals surface area contributed by atoms with Gasteiger partial charge in [0, 0.05) is 14.2 Å². The third-order valence-corrected chi connectivity index (χ3v) is 3.28. The normalized spacial score (nSPS) is 10.2. The molecule has 6 nitrogen and oxygen atoms in total. The van der Waals surface area contributed by atoms with Crippen molar-refractivity contribution in [1.82, 2.24) is 0 Å². The van der Waals surface area contributed by atoms with E-state index in [1.54, 1.807) is 42.5 Å². The van der Waals surface area contributed by atoms with Crippen LogP contribution in [0.2, 0.25) is 0 Å². The molecule has 0 amide bonds. The summed E-state index contributed by atoms with van der Waals surface area (Å²) in [4.78, 5) is 0. The van der Waals surface area contributed by atoms with Crippen molar-refractivity contribution in [2.75, 3.05) is 21.0 Å². The molecule has 2 rings (SSSR count). The Hall–Kier alpha value is -2.37. The van der Waals surface area contributed by atoms with E-state index in [1.807, 2.05) is 0 Å². The zero-order valence-corrected chi connectivity index (χ0v) is 13.6. The zero-order valence-electron chi connectivity index (χ0n) is 13.6. The maximum absolute atomic E-state index is 9.92. The van der Waals surface area contributed by atoms with Crippen LogP contribution in [0.25, 0.3) is 0 Å². The minimum Gasteiger partial charge on any atom is -0.457 e. The molecular weight excluding hydrogens is 309 g/mol. The van der Waals surface area contributed by atoms with Crippen molar-refractivity contribution in [3.8, 4) is 17.6 Å². The van der Waals surface area contributed by atoms with Crippen LogP contribution in [-0.2, 0) is 20.7 Å². The molecule has 0 aliphatic carbocycles. The monoisotopic (exact) mass is 327 g/mol. The SMILES string of the molecule is COCOCc1cc(Oc2ccc(C#N)cc2)ccc1B(O)OC. The molecule has 0 radical (unpaired) electrons. The summed E-state index contributed by atoms with van der Waals surface area (Å²) in [6.45, 7) is 0.386. The molecule has 2 aromatic rings. The van der Waals surface area contributed by atoms with Crippen LogP contribution in [-0.4, -0.2) is 33.2 Å². The molecule has 0 saturated carbocycles. The maximum Gasteiger partial charge on any atom is 0.491 e. The largest absolute Gasteiger partial charge is 0.491 e. The van der Waals surface area contributed by atoms with Gasteiger partial charge in [-0.15, -0.1) is 0 Å². The Kier molecular flexibility index (Phi) is 6.79. The second kappa shape index (κ2) is 9.06. The van der Waals surface area contributed by atoms with Gasteiger partial charge in [-0.05, 0) is 47.4 Å². The quantitative estimate of drug-likeness (QED) is 0.452. The lowest BCUT2D eigenvalue weighted by Gasteiger charge is -2.14. The predicted molar refractivity (Wildman–Crippen MR) is 89.0 cm³/mol. The van der Waals surface area contributed by atoms with Gasteiger partial charge in [0.15, 0.2) is 0 Å². The highest BCUT2D eigenvalue weighted by Crippen LogP contribution is 2.22. The molecule has 0 bridgehead atoms. The number of hydrogen-bond donors (Lipinski definition) is 1. The summed E-state index contributed by atoms with van der Waals surface area (Å²) >= 11 is 0. The molecule has 7 heteroatoms. The Balaban J connectivity index is 2.20. The Morgan fingerprint density at radius 3 is 2.42 bits per heavy atom. The zero-order chi connectivity index (χ0) is 17.4. The summed E-state index contributed by atoms with van der Waals surface area (Å²) in [7, 11) is 1.91. The second-order valence-corrected chi connectivity index (χ2v) is 4.94. The minimum absolute atomic E-state index is 0.142. The van der Waals surface area contributed by atoms with Crippen LogP contribution in [0.5, 0.6) is 11.5 Å². The van der Waals surface area contributed by atoms with Crippen molar-refractivity contribution >= 4 is 12.6 Å². The van der Waals surface area contributed by atoms with Crippen molar-refractivity contribution in [3.05, 3.63) is 53.6 Å². The lowest BCUT2D eigenvalue weighted by molar-refractivity contribution is -0.0389. The standard InChI is InChI=1S/C17H18BNO5/c1-21-12-23-11-14-9-16(7-8-17(14)18(20)22-2)24-15-5-3-13(10-19)4-6-15/h3-9,20H,11-12H2,1-2H3. The Morgan fingerprint density at radius 1 is 1.08 bits per heavy atom. The molecule has 0 saturated heterocycles. The summed E-state index contributed by atoms with van der Waals surface area (Å²) in [6, 6.07) is 14.1. The van der Waals surface area contributed by atoms with Gasteiger partial charge in [0.1, 0.15) is 18.3 Å². The number of methoxy groups -OCH3 is 1. The van der Waals surface area contributed by atoms with Crippen LogP contribution in [0.4, 0.5) is 0 Å². The average molecular weight is 327 g/mol. The highest BCUT2D eigenvalue weighted by Gasteiger charge is 2.19. The van der Waals surface area contributed by atoms with E-state index in [9.17, 15) is 5.02 Å². The predicted octanol–water partition coefficient (Wildman–Crippen LogP) is 1.80. The first kappa shape index (κ1) is 18.0. The summed E-state index contributed by atoms with van der Waals surface area (Å²) in [6.07, 6.45) is 0. The molecule has 1 N–H and O–H groups in total. The lowest BCUT2D eigenvalue weighted by Crippen LogP contribution is -2.35. The second-order valence-electron chi connectivity index (χ2n) is 4.94. The van der Waals surface area contributed by atoms with E-state index in [0.717, 1.165) is 5.56 Å². The van der Waals surface area contributed by atoms with Crippen molar-refractivity contribution < 1.29 is 23.9 Å². The fourth-order valence-corrected chi connectivity index (χ4v) is 2.11. The van der Waals surface area contributed by atoms with Gasteiger partial charge in [-0.25, -0.2) is 0 Å². The lowest BCUT2D eigenvalue weighted by atomic mass is 9.76. The van der Waals surface area contributed by atoms with Crippen molar-refractivity contribution in [1.29, 1.82) is 5.26 Å². The number of rotatable bonds is 8. The van der Waals surface area contributed by atoms with Gasteiger partial charge in [-0.1, -0.05) is 6.07 Å². The summed E-state index contributed by atoms with van der Waals surface area (Å²) in [5.41, 5.74) is 1.89. The third kappa shape index (κ3) is 4.81. The molecule has 0 heterocycles. The summed E-state index contributed by atoms with van der Waals surface area (Å²) in [5.74, 6) is 1.19. The number of benzene rings is 2. The minimum atomic E-state index is -1.05. The highest BCUT2D eigenvalue weighted by atomic mass is 16.7. The maximum atomic E-state index is 9.92. The molecule has 0 aromatic heterocycles. The topological polar surface area (TPSA) is 80.9 Å². The third-order valence-electron chi connectivity index (χ3n) is 3.28. The Morgan fingerprint density at radius 2 is 1.79 bits per heavy atom. The van der Waals surface area contributed by atoms with E-state index >= 15 is 0 Å². The van der Waals surface area contributed by atoms with E-state index in [-0.39, 0.29) is 13.4 Å². The van der Waals surface area contributed by atoms with Crippen LogP contribution in [0.15, 0.2) is 42.5 Å². The molecule has 124 valence electrons. The molecule has 0 spiro atoms. The van der Waals surface area contributed by atoms with Gasteiger partial charge in [0.25, 0.3) is 0 Å². The van der Waals surface area contributed by atoms with Gasteiger partial charge < -0.3 is 23.9 Å². The van der Waals surface area contributed by atoms with Gasteiger partial charge in [-0.2, -0.15) is 5.26 Å². The van der Waals surface area contributed by atoms with Crippen LogP contribution < -0.4 is 10.2 Å². The number of nitriles is 1. The molecule has 24 heavy (non-hydrogen) atoms. The van der Waals surface area contributed by atoms with Crippen molar-refractivity contribution in [2.24, 2.45) is 0 Å². The first-order valence-electron chi connectivity index (χ1n) is 7.26. The molecule has 0 aliphatic heterocycles. The van der Waals surface area contributed by atoms with E-state index in [4.69, 9.17) is 24.1 Å². The molecule has 0 aliphatic rings. The molecule has 0 atom stereocenters. The highest BCUT2D eigenvalue weighted by molar-refractivity contribution is 6.60. The summed E-state index contributed by atoms with van der Waals surface area (Å²) in [5, 5.41) is 18.7. The summed E-state index contributed by atoms with van der Waals surface area (Å²) < 4.78 is 21.0. The van der Waals surface area contributed by atoms with E-state index < -0.39 is 7.12 Å². The van der Waals surface area contributed by atoms with E-state index in [2.05, 4.69) is 6.07 Å². The Labute approximate surface area is 141 Å².